The number of carbonyl (C=O) groups excluding carboxylic acids is 2. The van der Waals surface area contributed by atoms with Gasteiger partial charge in [0.25, 0.3) is 0 Å². The molecule has 4 rings (SSSR count). The average Bonchev–Trinajstić information content (AvgIpc) is 3.03. The smallest absolute Gasteiger partial charge is 0.346 e. The summed E-state index contributed by atoms with van der Waals surface area (Å²) in [4.78, 5) is 24.8. The minimum absolute atomic E-state index is 0.127. The van der Waals surface area contributed by atoms with E-state index < -0.39 is 11.8 Å². The maximum absolute atomic E-state index is 13.7. The molecule has 1 heterocycles. The van der Waals surface area contributed by atoms with E-state index in [4.69, 9.17) is 14.2 Å². The zero-order chi connectivity index (χ0) is 20.4. The Morgan fingerprint density at radius 3 is 2.59 bits per heavy atom. The number of methoxy groups -OCH3 is 1. The predicted molar refractivity (Wildman–Crippen MR) is 104 cm³/mol. The van der Waals surface area contributed by atoms with Gasteiger partial charge < -0.3 is 14.2 Å². The van der Waals surface area contributed by atoms with Gasteiger partial charge in [0.15, 0.2) is 5.76 Å². The highest BCUT2D eigenvalue weighted by Crippen LogP contribution is 2.36. The molecule has 5 nitrogen and oxygen atoms in total. The van der Waals surface area contributed by atoms with Gasteiger partial charge in [-0.05, 0) is 36.4 Å². The van der Waals surface area contributed by atoms with E-state index in [0.717, 1.165) is 0 Å². The van der Waals surface area contributed by atoms with E-state index in [1.807, 2.05) is 12.1 Å². The second-order valence-corrected chi connectivity index (χ2v) is 6.21. The molecular formula is C23H15FO5. The molecule has 6 heteroatoms. The number of halogens is 1. The molecule has 0 aromatic heterocycles. The highest BCUT2D eigenvalue weighted by molar-refractivity contribution is 6.14. The standard InChI is InChI=1S/C23H15FO5/c1-27-19-9-5-2-6-14(19)12-21-22(25)17-11-10-15(13-20(17)29-21)28-23(26)16-7-3-4-8-18(16)24/h2-13H,1H3/b21-12-. The fourth-order valence-electron chi connectivity index (χ4n) is 2.95. The molecule has 3 aromatic carbocycles. The van der Waals surface area contributed by atoms with Gasteiger partial charge in [-0.2, -0.15) is 0 Å². The number of hydrogen-bond donors (Lipinski definition) is 0. The van der Waals surface area contributed by atoms with Gasteiger partial charge in [-0.15, -0.1) is 0 Å². The number of carbonyl (C=O) groups is 2. The molecule has 0 amide bonds. The lowest BCUT2D eigenvalue weighted by Gasteiger charge is -2.06. The zero-order valence-corrected chi connectivity index (χ0v) is 15.3. The summed E-state index contributed by atoms with van der Waals surface area (Å²) in [6, 6.07) is 17.1. The maximum Gasteiger partial charge on any atom is 0.346 e. The number of benzene rings is 3. The summed E-state index contributed by atoms with van der Waals surface area (Å²) < 4.78 is 29.9. The van der Waals surface area contributed by atoms with E-state index in [1.54, 1.807) is 31.4 Å². The van der Waals surface area contributed by atoms with Gasteiger partial charge in [0, 0.05) is 11.6 Å². The van der Waals surface area contributed by atoms with Crippen molar-refractivity contribution in [2.24, 2.45) is 0 Å². The van der Waals surface area contributed by atoms with Gasteiger partial charge in [0.2, 0.25) is 5.78 Å². The molecule has 1 aliphatic rings. The fraction of sp³-hybridized carbons (Fsp3) is 0.0435. The SMILES string of the molecule is COc1ccccc1/C=C1\Oc2cc(OC(=O)c3ccccc3F)ccc2C1=O. The molecule has 0 saturated heterocycles. The van der Waals surface area contributed by atoms with E-state index in [-0.39, 0.29) is 28.6 Å². The fourth-order valence-corrected chi connectivity index (χ4v) is 2.95. The molecule has 0 bridgehead atoms. The topological polar surface area (TPSA) is 61.8 Å². The second kappa shape index (κ2) is 7.59. The van der Waals surface area contributed by atoms with Gasteiger partial charge >= 0.3 is 5.97 Å². The molecule has 0 aliphatic carbocycles. The Bertz CT molecular complexity index is 1150. The van der Waals surface area contributed by atoms with Crippen LogP contribution in [0.3, 0.4) is 0 Å². The molecular weight excluding hydrogens is 375 g/mol. The first kappa shape index (κ1) is 18.4. The third-order valence-corrected chi connectivity index (χ3v) is 4.37. The first-order valence-corrected chi connectivity index (χ1v) is 8.75. The predicted octanol–water partition coefficient (Wildman–Crippen LogP) is 4.67. The highest BCUT2D eigenvalue weighted by Gasteiger charge is 2.28. The highest BCUT2D eigenvalue weighted by atomic mass is 19.1. The summed E-state index contributed by atoms with van der Waals surface area (Å²) in [5, 5.41) is 0. The van der Waals surface area contributed by atoms with E-state index in [1.165, 1.54) is 36.4 Å². The van der Waals surface area contributed by atoms with Gasteiger partial charge in [-0.25, -0.2) is 9.18 Å². The number of esters is 1. The van der Waals surface area contributed by atoms with Crippen LogP contribution in [0.2, 0.25) is 0 Å². The molecule has 0 N–H and O–H groups in total. The Morgan fingerprint density at radius 1 is 1.03 bits per heavy atom. The molecule has 0 unspecified atom stereocenters. The molecule has 1 aliphatic heterocycles. The Balaban J connectivity index is 1.58. The minimum Gasteiger partial charge on any atom is -0.496 e. The summed E-state index contributed by atoms with van der Waals surface area (Å²) in [6.45, 7) is 0. The lowest BCUT2D eigenvalue weighted by Crippen LogP contribution is -2.10. The van der Waals surface area contributed by atoms with Crippen LogP contribution in [-0.4, -0.2) is 18.9 Å². The van der Waals surface area contributed by atoms with Crippen molar-refractivity contribution in [3.05, 3.63) is 95.0 Å². The van der Waals surface area contributed by atoms with Crippen molar-refractivity contribution in [1.82, 2.24) is 0 Å². The first-order valence-electron chi connectivity index (χ1n) is 8.75. The summed E-state index contributed by atoms with van der Waals surface area (Å²) >= 11 is 0. The van der Waals surface area contributed by atoms with Gasteiger partial charge in [0.1, 0.15) is 23.1 Å². The molecule has 29 heavy (non-hydrogen) atoms. The number of ketones is 1. The van der Waals surface area contributed by atoms with Crippen LogP contribution in [0, 0.1) is 5.82 Å². The van der Waals surface area contributed by atoms with Crippen LogP contribution in [-0.2, 0) is 0 Å². The van der Waals surface area contributed by atoms with Crippen molar-refractivity contribution < 1.29 is 28.2 Å². The molecule has 144 valence electrons. The maximum atomic E-state index is 13.7. The quantitative estimate of drug-likeness (QED) is 0.368. The van der Waals surface area contributed by atoms with Crippen molar-refractivity contribution in [3.63, 3.8) is 0 Å². The summed E-state index contributed by atoms with van der Waals surface area (Å²) in [6.07, 6.45) is 1.59. The molecule has 0 radical (unpaired) electrons. The van der Waals surface area contributed by atoms with Gasteiger partial charge in [-0.3, -0.25) is 4.79 Å². The zero-order valence-electron chi connectivity index (χ0n) is 15.3. The Morgan fingerprint density at radius 2 is 1.79 bits per heavy atom. The van der Waals surface area contributed by atoms with Crippen LogP contribution < -0.4 is 14.2 Å². The lowest BCUT2D eigenvalue weighted by molar-refractivity contribution is 0.0729. The largest absolute Gasteiger partial charge is 0.496 e. The van der Waals surface area contributed by atoms with E-state index in [0.29, 0.717) is 16.9 Å². The van der Waals surface area contributed by atoms with Gasteiger partial charge in [0.05, 0.1) is 18.2 Å². The number of para-hydroxylation sites is 1. The molecule has 3 aromatic rings. The second-order valence-electron chi connectivity index (χ2n) is 6.21. The molecule has 0 atom stereocenters. The number of Topliss-reactive ketones (excluding diaryl/α,β-unsaturated/α-hetero) is 1. The summed E-state index contributed by atoms with van der Waals surface area (Å²) in [7, 11) is 1.54. The lowest BCUT2D eigenvalue weighted by atomic mass is 10.1. The van der Waals surface area contributed by atoms with E-state index in [9.17, 15) is 14.0 Å². The third kappa shape index (κ3) is 3.60. The molecule has 0 saturated carbocycles. The van der Waals surface area contributed by atoms with E-state index in [2.05, 4.69) is 0 Å². The Kier molecular flexibility index (Phi) is 4.83. The van der Waals surface area contributed by atoms with Crippen molar-refractivity contribution >= 4 is 17.8 Å². The average molecular weight is 390 g/mol. The van der Waals surface area contributed by atoms with Crippen LogP contribution in [0.5, 0.6) is 17.2 Å². The Labute approximate surface area is 166 Å². The number of fused-ring (bicyclic) bond motifs is 1. The Hall–Kier alpha value is -3.93. The van der Waals surface area contributed by atoms with Crippen molar-refractivity contribution in [1.29, 1.82) is 0 Å². The summed E-state index contributed by atoms with van der Waals surface area (Å²) in [5.74, 6) is -0.672. The van der Waals surface area contributed by atoms with Crippen LogP contribution in [0.25, 0.3) is 6.08 Å². The summed E-state index contributed by atoms with van der Waals surface area (Å²) in [5.41, 5.74) is 0.857. The van der Waals surface area contributed by atoms with Crippen molar-refractivity contribution in [2.75, 3.05) is 7.11 Å². The molecule has 0 spiro atoms. The van der Waals surface area contributed by atoms with Crippen LogP contribution >= 0.6 is 0 Å². The first-order chi connectivity index (χ1) is 14.1. The number of allylic oxidation sites excluding steroid dienone is 1. The van der Waals surface area contributed by atoms with E-state index >= 15 is 0 Å². The van der Waals surface area contributed by atoms with Crippen LogP contribution in [0.15, 0.2) is 72.5 Å². The van der Waals surface area contributed by atoms with Crippen molar-refractivity contribution in [3.8, 4) is 17.2 Å². The third-order valence-electron chi connectivity index (χ3n) is 4.37. The normalized spacial score (nSPS) is 13.7. The monoisotopic (exact) mass is 390 g/mol. The number of ether oxygens (including phenoxy) is 3. The van der Waals surface area contributed by atoms with Crippen molar-refractivity contribution in [2.45, 2.75) is 0 Å². The van der Waals surface area contributed by atoms with Crippen LogP contribution in [0.1, 0.15) is 26.3 Å². The number of hydrogen-bond acceptors (Lipinski definition) is 5. The minimum atomic E-state index is -0.836. The van der Waals surface area contributed by atoms with Gasteiger partial charge in [-0.1, -0.05) is 30.3 Å². The molecule has 0 fully saturated rings. The van der Waals surface area contributed by atoms with Crippen LogP contribution in [0.4, 0.5) is 4.39 Å². The number of rotatable bonds is 4.